The lowest BCUT2D eigenvalue weighted by Gasteiger charge is -2.02. The van der Waals surface area contributed by atoms with E-state index in [0.29, 0.717) is 11.3 Å². The van der Waals surface area contributed by atoms with Crippen LogP contribution < -0.4 is 5.56 Å². The molecule has 0 radical (unpaired) electrons. The maximum absolute atomic E-state index is 11.5. The number of hydrogen-bond donors (Lipinski definition) is 1. The summed E-state index contributed by atoms with van der Waals surface area (Å²) in [6.45, 7) is 0. The third-order valence-electron chi connectivity index (χ3n) is 2.58. The molecule has 0 aliphatic heterocycles. The first-order valence-corrected chi connectivity index (χ1v) is 5.87. The quantitative estimate of drug-likeness (QED) is 0.524. The molecule has 0 saturated carbocycles. The Bertz CT molecular complexity index is 724. The number of aromatic nitrogens is 2. The van der Waals surface area contributed by atoms with Crippen molar-refractivity contribution in [2.75, 3.05) is 0 Å². The lowest BCUT2D eigenvalue weighted by Crippen LogP contribution is -2.16. The van der Waals surface area contributed by atoms with Crippen LogP contribution in [0.5, 0.6) is 0 Å². The predicted octanol–water partition coefficient (Wildman–Crippen LogP) is 1.65. The molecule has 20 heavy (non-hydrogen) atoms. The van der Waals surface area contributed by atoms with Gasteiger partial charge in [-0.15, -0.1) is 0 Å². The Morgan fingerprint density at radius 3 is 2.55 bits per heavy atom. The molecule has 0 fully saturated rings. The van der Waals surface area contributed by atoms with Crippen molar-refractivity contribution in [2.24, 2.45) is 0 Å². The highest BCUT2D eigenvalue weighted by Crippen LogP contribution is 2.20. The molecule has 0 unspecified atom stereocenters. The van der Waals surface area contributed by atoms with Crippen molar-refractivity contribution in [3.8, 4) is 11.3 Å². The van der Waals surface area contributed by atoms with E-state index in [2.05, 4.69) is 10.2 Å². The van der Waals surface area contributed by atoms with E-state index in [4.69, 9.17) is 11.6 Å². The van der Waals surface area contributed by atoms with E-state index in [1.807, 2.05) is 0 Å². The molecule has 8 heteroatoms. The van der Waals surface area contributed by atoms with Gasteiger partial charge in [0.1, 0.15) is 0 Å². The second-order valence-corrected chi connectivity index (χ2v) is 4.36. The number of hydrogen-bond acceptors (Lipinski definition) is 5. The topological polar surface area (TPSA) is 106 Å². The van der Waals surface area contributed by atoms with Crippen LogP contribution in [0.2, 0.25) is 0 Å². The first kappa shape index (κ1) is 13.9. The fraction of sp³-hybridized carbons (Fsp3) is 0.0833. The number of rotatable bonds is 4. The van der Waals surface area contributed by atoms with Crippen molar-refractivity contribution in [1.82, 2.24) is 10.2 Å². The first-order chi connectivity index (χ1) is 9.47. The van der Waals surface area contributed by atoms with Gasteiger partial charge in [0.2, 0.25) is 5.24 Å². The molecule has 0 aliphatic carbocycles. The van der Waals surface area contributed by atoms with Gasteiger partial charge in [-0.05, 0) is 29.8 Å². The number of nitrogens with zero attached hydrogens (tertiary/aromatic N) is 2. The van der Waals surface area contributed by atoms with E-state index in [1.165, 1.54) is 30.3 Å². The van der Waals surface area contributed by atoms with Crippen molar-refractivity contribution in [3.63, 3.8) is 0 Å². The number of carbonyl (C=O) groups excluding carboxylic acids is 1. The van der Waals surface area contributed by atoms with Crippen LogP contribution in [-0.2, 0) is 11.2 Å². The average molecular weight is 294 g/mol. The molecule has 1 heterocycles. The van der Waals surface area contributed by atoms with Gasteiger partial charge in [0.05, 0.1) is 17.0 Å². The number of halogens is 1. The van der Waals surface area contributed by atoms with Gasteiger partial charge in [0.25, 0.3) is 11.2 Å². The van der Waals surface area contributed by atoms with Gasteiger partial charge in [0, 0.05) is 23.3 Å². The first-order valence-electron chi connectivity index (χ1n) is 5.49. The highest BCUT2D eigenvalue weighted by molar-refractivity contribution is 6.63. The summed E-state index contributed by atoms with van der Waals surface area (Å²) in [6.07, 6.45) is -0.209. The zero-order chi connectivity index (χ0) is 14.7. The molecule has 1 aromatic carbocycles. The van der Waals surface area contributed by atoms with Crippen molar-refractivity contribution in [1.29, 1.82) is 0 Å². The Morgan fingerprint density at radius 1 is 1.35 bits per heavy atom. The summed E-state index contributed by atoms with van der Waals surface area (Å²) in [7, 11) is 0. The third kappa shape index (κ3) is 3.07. The maximum atomic E-state index is 11.5. The molecular formula is C12H8ClN3O4. The van der Waals surface area contributed by atoms with Crippen molar-refractivity contribution in [2.45, 2.75) is 6.42 Å². The van der Waals surface area contributed by atoms with E-state index in [-0.39, 0.29) is 17.7 Å². The van der Waals surface area contributed by atoms with Crippen molar-refractivity contribution >= 4 is 22.5 Å². The van der Waals surface area contributed by atoms with E-state index in [1.54, 1.807) is 0 Å². The summed E-state index contributed by atoms with van der Waals surface area (Å²) in [5.41, 5.74) is 0.620. The monoisotopic (exact) mass is 293 g/mol. The lowest BCUT2D eigenvalue weighted by molar-refractivity contribution is -0.384. The van der Waals surface area contributed by atoms with E-state index >= 15 is 0 Å². The number of benzene rings is 1. The number of carbonyl (C=O) groups is 1. The minimum absolute atomic E-state index is 0.0469. The fourth-order valence-electron chi connectivity index (χ4n) is 1.63. The van der Waals surface area contributed by atoms with Crippen LogP contribution in [0.25, 0.3) is 11.3 Å². The van der Waals surface area contributed by atoms with Gasteiger partial charge < -0.3 is 0 Å². The summed E-state index contributed by atoms with van der Waals surface area (Å²) < 4.78 is 0. The summed E-state index contributed by atoms with van der Waals surface area (Å²) in [6, 6.07) is 7.10. The zero-order valence-corrected chi connectivity index (χ0v) is 10.8. The summed E-state index contributed by atoms with van der Waals surface area (Å²) in [5, 5.41) is 16.0. The van der Waals surface area contributed by atoms with Gasteiger partial charge in [-0.3, -0.25) is 19.7 Å². The molecule has 0 amide bonds. The van der Waals surface area contributed by atoms with Crippen LogP contribution in [0.1, 0.15) is 5.56 Å². The molecule has 2 rings (SSSR count). The molecule has 7 nitrogen and oxygen atoms in total. The number of nitro groups is 1. The number of non-ortho nitro benzene ring substituents is 1. The SMILES string of the molecule is O=C(Cl)Cc1cc(-c2ccc([N+](=O)[O-])cc2)n[nH]c1=O. The van der Waals surface area contributed by atoms with Gasteiger partial charge in [0.15, 0.2) is 0 Å². The molecule has 1 N–H and O–H groups in total. The highest BCUT2D eigenvalue weighted by atomic mass is 35.5. The number of nitro benzene ring substituents is 1. The molecule has 0 aliphatic rings. The van der Waals surface area contributed by atoms with E-state index < -0.39 is 15.7 Å². The Labute approximate surface area is 117 Å². The fourth-order valence-corrected chi connectivity index (χ4v) is 1.77. The Balaban J connectivity index is 2.40. The molecule has 0 saturated heterocycles. The summed E-state index contributed by atoms with van der Waals surface area (Å²) >= 11 is 5.25. The van der Waals surface area contributed by atoms with Gasteiger partial charge >= 0.3 is 0 Å². The number of nitrogens with one attached hydrogen (secondary N) is 1. The molecule has 0 atom stereocenters. The van der Waals surface area contributed by atoms with Crippen LogP contribution in [0, 0.1) is 10.1 Å². The zero-order valence-electron chi connectivity index (χ0n) is 10.00. The second kappa shape index (κ2) is 5.62. The summed E-state index contributed by atoms with van der Waals surface area (Å²) in [5.74, 6) is 0. The van der Waals surface area contributed by atoms with Crippen LogP contribution >= 0.6 is 11.6 Å². The Hall–Kier alpha value is -2.54. The van der Waals surface area contributed by atoms with Crippen LogP contribution in [-0.4, -0.2) is 20.4 Å². The van der Waals surface area contributed by atoms with Crippen LogP contribution in [0.4, 0.5) is 5.69 Å². The maximum Gasteiger partial charge on any atom is 0.269 e. The van der Waals surface area contributed by atoms with Crippen molar-refractivity contribution in [3.05, 3.63) is 56.4 Å². The summed E-state index contributed by atoms with van der Waals surface area (Å²) in [4.78, 5) is 32.4. The molecule has 102 valence electrons. The molecular weight excluding hydrogens is 286 g/mol. The largest absolute Gasteiger partial charge is 0.281 e. The average Bonchev–Trinajstić information content (AvgIpc) is 2.41. The molecule has 2 aromatic rings. The number of H-pyrrole nitrogens is 1. The minimum atomic E-state index is -0.656. The second-order valence-electron chi connectivity index (χ2n) is 3.94. The minimum Gasteiger partial charge on any atom is -0.281 e. The molecule has 0 spiro atoms. The van der Waals surface area contributed by atoms with Crippen LogP contribution in [0.3, 0.4) is 0 Å². The molecule has 1 aromatic heterocycles. The van der Waals surface area contributed by atoms with Gasteiger partial charge in [-0.25, -0.2) is 5.10 Å². The van der Waals surface area contributed by atoms with Gasteiger partial charge in [-0.1, -0.05) is 0 Å². The highest BCUT2D eigenvalue weighted by Gasteiger charge is 2.10. The van der Waals surface area contributed by atoms with E-state index in [0.717, 1.165) is 0 Å². The Morgan fingerprint density at radius 2 is 2.00 bits per heavy atom. The normalized spacial score (nSPS) is 10.2. The smallest absolute Gasteiger partial charge is 0.269 e. The standard InChI is InChI=1S/C12H8ClN3O4/c13-11(17)6-8-5-10(14-15-12(8)18)7-1-3-9(4-2-7)16(19)20/h1-5H,6H2,(H,15,18). The van der Waals surface area contributed by atoms with E-state index in [9.17, 15) is 19.7 Å². The predicted molar refractivity (Wildman–Crippen MR) is 71.5 cm³/mol. The Kier molecular flexibility index (Phi) is 3.90. The molecule has 0 bridgehead atoms. The van der Waals surface area contributed by atoms with Crippen LogP contribution in [0.15, 0.2) is 35.1 Å². The third-order valence-corrected chi connectivity index (χ3v) is 2.72. The lowest BCUT2D eigenvalue weighted by atomic mass is 10.1. The van der Waals surface area contributed by atoms with Crippen molar-refractivity contribution < 1.29 is 9.72 Å². The number of aromatic amines is 1. The van der Waals surface area contributed by atoms with Gasteiger partial charge in [-0.2, -0.15) is 5.10 Å².